The summed E-state index contributed by atoms with van der Waals surface area (Å²) in [7, 11) is -8.16. The first-order valence-corrected chi connectivity index (χ1v) is 14.4. The molecule has 0 aliphatic heterocycles. The fourth-order valence-electron chi connectivity index (χ4n) is 2.85. The van der Waals surface area contributed by atoms with Crippen LogP contribution in [0, 0.1) is 5.82 Å². The molecule has 2 heterocycles. The van der Waals surface area contributed by atoms with Gasteiger partial charge in [0.25, 0.3) is 20.0 Å². The minimum absolute atomic E-state index is 0.0501. The van der Waals surface area contributed by atoms with Gasteiger partial charge in [-0.15, -0.1) is 22.7 Å². The molecule has 2 aromatic carbocycles. The fourth-order valence-corrected chi connectivity index (χ4v) is 7.97. The predicted octanol–water partition coefficient (Wildman–Crippen LogP) is 6.52. The van der Waals surface area contributed by atoms with E-state index in [-0.39, 0.29) is 34.0 Å². The molecule has 0 spiro atoms. The summed E-state index contributed by atoms with van der Waals surface area (Å²) in [5, 5.41) is 0. The summed E-state index contributed by atoms with van der Waals surface area (Å²) in [6.07, 6.45) is 0. The zero-order valence-corrected chi connectivity index (χ0v) is 21.0. The molecular formula is C20H13Cl2FN2O4S4. The van der Waals surface area contributed by atoms with Crippen molar-refractivity contribution in [3.63, 3.8) is 0 Å². The monoisotopic (exact) mass is 562 g/mol. The molecular weight excluding hydrogens is 550 g/mol. The van der Waals surface area contributed by atoms with Crippen LogP contribution in [-0.4, -0.2) is 16.8 Å². The quantitative estimate of drug-likeness (QED) is 0.268. The van der Waals surface area contributed by atoms with E-state index in [1.165, 1.54) is 60.7 Å². The minimum atomic E-state index is -4.10. The van der Waals surface area contributed by atoms with Crippen molar-refractivity contribution < 1.29 is 21.2 Å². The Bertz CT molecular complexity index is 1550. The van der Waals surface area contributed by atoms with Gasteiger partial charge < -0.3 is 0 Å². The molecule has 0 unspecified atom stereocenters. The number of halogens is 3. The Labute approximate surface area is 207 Å². The summed E-state index contributed by atoms with van der Waals surface area (Å²) in [6, 6.07) is 15.7. The standard InChI is InChI=1S/C20H13Cl2FN2O4S4/c21-17-7-9-19(30-17)32(26,27)24-15-6-5-12(13-3-1-2-4-14(13)23)11-16(15)25-33(28,29)20-10-8-18(22)31-20/h1-11,24-25H. The second-order valence-corrected chi connectivity index (χ2v) is 13.8. The van der Waals surface area contributed by atoms with Crippen LogP contribution >= 0.6 is 45.9 Å². The highest BCUT2D eigenvalue weighted by atomic mass is 35.5. The molecule has 0 atom stereocenters. The number of nitrogens with one attached hydrogen (secondary N) is 2. The van der Waals surface area contributed by atoms with E-state index in [4.69, 9.17) is 23.2 Å². The van der Waals surface area contributed by atoms with Gasteiger partial charge in [0.2, 0.25) is 0 Å². The zero-order chi connectivity index (χ0) is 23.8. The average Bonchev–Trinajstić information content (AvgIpc) is 3.39. The normalized spacial score (nSPS) is 12.0. The van der Waals surface area contributed by atoms with Crippen LogP contribution in [0.15, 0.2) is 75.1 Å². The molecule has 0 bridgehead atoms. The Hall–Kier alpha value is -2.15. The lowest BCUT2D eigenvalue weighted by atomic mass is 10.0. The van der Waals surface area contributed by atoms with Crippen LogP contribution in [-0.2, 0) is 20.0 Å². The van der Waals surface area contributed by atoms with Crippen molar-refractivity contribution in [2.24, 2.45) is 0 Å². The molecule has 0 aliphatic carbocycles. The van der Waals surface area contributed by atoms with E-state index < -0.39 is 25.9 Å². The van der Waals surface area contributed by atoms with Gasteiger partial charge >= 0.3 is 0 Å². The molecule has 33 heavy (non-hydrogen) atoms. The predicted molar refractivity (Wildman–Crippen MR) is 132 cm³/mol. The van der Waals surface area contributed by atoms with Crippen molar-refractivity contribution >= 4 is 77.3 Å². The SMILES string of the molecule is O=S(=O)(Nc1ccc(-c2ccccc2F)cc1NS(=O)(=O)c1ccc(Cl)s1)c1ccc(Cl)s1. The Morgan fingerprint density at radius 2 is 1.24 bits per heavy atom. The van der Waals surface area contributed by atoms with E-state index in [0.29, 0.717) is 5.56 Å². The van der Waals surface area contributed by atoms with Crippen molar-refractivity contribution in [1.29, 1.82) is 0 Å². The lowest BCUT2D eigenvalue weighted by molar-refractivity contribution is 0.601. The van der Waals surface area contributed by atoms with Crippen molar-refractivity contribution in [3.05, 3.63) is 81.2 Å². The largest absolute Gasteiger partial charge is 0.277 e. The minimum Gasteiger partial charge on any atom is -0.277 e. The maximum absolute atomic E-state index is 14.3. The number of benzene rings is 2. The van der Waals surface area contributed by atoms with Crippen LogP contribution in [0.2, 0.25) is 8.67 Å². The van der Waals surface area contributed by atoms with Crippen molar-refractivity contribution in [1.82, 2.24) is 0 Å². The Balaban J connectivity index is 1.79. The molecule has 0 saturated heterocycles. The van der Waals surface area contributed by atoms with Crippen LogP contribution < -0.4 is 9.44 Å². The second-order valence-electron chi connectivity index (χ2n) is 6.57. The van der Waals surface area contributed by atoms with Crippen LogP contribution in [0.1, 0.15) is 0 Å². The maximum Gasteiger partial charge on any atom is 0.271 e. The molecule has 0 aliphatic rings. The van der Waals surface area contributed by atoms with Crippen molar-refractivity contribution in [3.8, 4) is 11.1 Å². The smallest absolute Gasteiger partial charge is 0.271 e. The highest BCUT2D eigenvalue weighted by Gasteiger charge is 2.23. The summed E-state index contributed by atoms with van der Waals surface area (Å²) in [5.41, 5.74) is 0.422. The number of anilines is 2. The third-order valence-electron chi connectivity index (χ3n) is 4.32. The van der Waals surface area contributed by atoms with Crippen molar-refractivity contribution in [2.75, 3.05) is 9.44 Å². The summed E-state index contributed by atoms with van der Waals surface area (Å²) < 4.78 is 70.9. The molecule has 172 valence electrons. The third-order valence-corrected chi connectivity index (χ3v) is 10.5. The topological polar surface area (TPSA) is 92.3 Å². The molecule has 0 saturated carbocycles. The number of hydrogen-bond acceptors (Lipinski definition) is 6. The zero-order valence-electron chi connectivity index (χ0n) is 16.3. The molecule has 0 amide bonds. The highest BCUT2D eigenvalue weighted by Crippen LogP contribution is 2.35. The number of sulfonamides is 2. The van der Waals surface area contributed by atoms with Gasteiger partial charge in [0.1, 0.15) is 14.2 Å². The van der Waals surface area contributed by atoms with Gasteiger partial charge in [-0.3, -0.25) is 9.44 Å². The summed E-state index contributed by atoms with van der Waals surface area (Å²) in [4.78, 5) is 0. The van der Waals surface area contributed by atoms with E-state index >= 15 is 0 Å². The van der Waals surface area contributed by atoms with Crippen LogP contribution in [0.25, 0.3) is 11.1 Å². The number of thiophene rings is 2. The van der Waals surface area contributed by atoms with Crippen LogP contribution in [0.4, 0.5) is 15.8 Å². The first kappa shape index (κ1) is 24.0. The molecule has 6 nitrogen and oxygen atoms in total. The van der Waals surface area contributed by atoms with E-state index in [9.17, 15) is 21.2 Å². The third kappa shape index (κ3) is 5.34. The van der Waals surface area contributed by atoms with Gasteiger partial charge in [-0.05, 0) is 48.0 Å². The molecule has 4 rings (SSSR count). The van der Waals surface area contributed by atoms with Gasteiger partial charge in [-0.25, -0.2) is 21.2 Å². The van der Waals surface area contributed by atoms with E-state index in [2.05, 4.69) is 9.44 Å². The van der Waals surface area contributed by atoms with Gasteiger partial charge in [0.05, 0.1) is 20.0 Å². The van der Waals surface area contributed by atoms with Gasteiger partial charge in [-0.2, -0.15) is 0 Å². The van der Waals surface area contributed by atoms with Crippen molar-refractivity contribution in [2.45, 2.75) is 8.42 Å². The molecule has 0 fully saturated rings. The maximum atomic E-state index is 14.3. The molecule has 2 aromatic heterocycles. The van der Waals surface area contributed by atoms with Gasteiger partial charge in [0, 0.05) is 5.56 Å². The Kier molecular flexibility index (Phi) is 6.72. The first-order valence-electron chi connectivity index (χ1n) is 9.00. The Morgan fingerprint density at radius 1 is 0.697 bits per heavy atom. The van der Waals surface area contributed by atoms with Crippen LogP contribution in [0.5, 0.6) is 0 Å². The van der Waals surface area contributed by atoms with E-state index in [1.54, 1.807) is 6.07 Å². The molecule has 0 radical (unpaired) electrons. The highest BCUT2D eigenvalue weighted by molar-refractivity contribution is 7.95. The number of hydrogen-bond donors (Lipinski definition) is 2. The number of rotatable bonds is 7. The lowest BCUT2D eigenvalue weighted by Gasteiger charge is -2.15. The van der Waals surface area contributed by atoms with Gasteiger partial charge in [-0.1, -0.05) is 47.5 Å². The fraction of sp³-hybridized carbons (Fsp3) is 0. The second kappa shape index (κ2) is 9.24. The first-order chi connectivity index (χ1) is 15.5. The molecule has 2 N–H and O–H groups in total. The van der Waals surface area contributed by atoms with E-state index in [0.717, 1.165) is 22.7 Å². The summed E-state index contributed by atoms with van der Waals surface area (Å²) >= 11 is 13.4. The van der Waals surface area contributed by atoms with E-state index in [1.807, 2.05) is 0 Å². The van der Waals surface area contributed by atoms with Crippen LogP contribution in [0.3, 0.4) is 0 Å². The Morgan fingerprint density at radius 3 is 1.76 bits per heavy atom. The average molecular weight is 564 g/mol. The van der Waals surface area contributed by atoms with Gasteiger partial charge in [0.15, 0.2) is 0 Å². The lowest BCUT2D eigenvalue weighted by Crippen LogP contribution is -2.16. The molecule has 13 heteroatoms. The summed E-state index contributed by atoms with van der Waals surface area (Å²) in [6.45, 7) is 0. The molecule has 4 aromatic rings. The summed E-state index contributed by atoms with van der Waals surface area (Å²) in [5.74, 6) is -0.516.